The van der Waals surface area contributed by atoms with E-state index in [1.54, 1.807) is 0 Å². The van der Waals surface area contributed by atoms with Crippen molar-refractivity contribution in [3.05, 3.63) is 0 Å². The third-order valence-corrected chi connectivity index (χ3v) is 9.89. The zero-order valence-electron chi connectivity index (χ0n) is 31.4. The van der Waals surface area contributed by atoms with Crippen LogP contribution in [-0.4, -0.2) is 80.3 Å². The molecule has 0 amide bonds. The second kappa shape index (κ2) is 33.3. The van der Waals surface area contributed by atoms with Crippen molar-refractivity contribution in [2.75, 3.05) is 52.5 Å². The van der Waals surface area contributed by atoms with Crippen LogP contribution in [0.5, 0.6) is 0 Å². The Balaban J connectivity index is 2.18. The Hall–Kier alpha value is -1.18. The first-order chi connectivity index (χ1) is 23.0. The molecule has 0 unspecified atom stereocenters. The van der Waals surface area contributed by atoms with Gasteiger partial charge in [-0.25, -0.2) is 0 Å². The fourth-order valence-corrected chi connectivity index (χ4v) is 6.62. The number of rotatable bonds is 34. The van der Waals surface area contributed by atoms with Crippen LogP contribution in [0, 0.1) is 0 Å². The van der Waals surface area contributed by atoms with Crippen molar-refractivity contribution in [3.63, 3.8) is 0 Å². The van der Waals surface area contributed by atoms with Crippen LogP contribution >= 0.6 is 0 Å². The predicted molar refractivity (Wildman–Crippen MR) is 199 cm³/mol. The number of hydrogen-bond acceptors (Lipinski definition) is 7. The van der Waals surface area contributed by atoms with Crippen molar-refractivity contribution in [1.82, 2.24) is 9.80 Å². The van der Waals surface area contributed by atoms with E-state index in [-0.39, 0.29) is 11.9 Å². The van der Waals surface area contributed by atoms with Gasteiger partial charge < -0.3 is 20.1 Å². The van der Waals surface area contributed by atoms with Gasteiger partial charge in [0.05, 0.1) is 0 Å². The third-order valence-electron chi connectivity index (χ3n) is 9.89. The third kappa shape index (κ3) is 29.5. The van der Waals surface area contributed by atoms with Gasteiger partial charge >= 0.3 is 11.9 Å². The molecule has 7 nitrogen and oxygen atoms in total. The molecular formula is C40H79N3O4. The highest BCUT2D eigenvalue weighted by molar-refractivity contribution is 5.69. The summed E-state index contributed by atoms with van der Waals surface area (Å²) in [7, 11) is 0. The highest BCUT2D eigenvalue weighted by atomic mass is 16.5. The van der Waals surface area contributed by atoms with Gasteiger partial charge in [0.25, 0.3) is 0 Å². The Kier molecular flexibility index (Phi) is 31.1. The summed E-state index contributed by atoms with van der Waals surface area (Å²) >= 11 is 0. The van der Waals surface area contributed by atoms with E-state index in [0.717, 1.165) is 71.1 Å². The number of likely N-dealkylation sites (tertiary alicyclic amines) is 1. The SMILES string of the molecule is CCCCCCCCCCCCCC(=O)OCCN(CCCN1CCC(N)CC1)CCOC(=O)CCCCCCCCCCCCC. The molecule has 1 saturated heterocycles. The molecule has 0 bridgehead atoms. The van der Waals surface area contributed by atoms with Crippen LogP contribution in [-0.2, 0) is 19.1 Å². The first-order valence-electron chi connectivity index (χ1n) is 20.6. The molecule has 0 aromatic rings. The first-order valence-corrected chi connectivity index (χ1v) is 20.6. The lowest BCUT2D eigenvalue weighted by Gasteiger charge is -2.31. The minimum atomic E-state index is -0.0797. The van der Waals surface area contributed by atoms with Gasteiger partial charge in [0.2, 0.25) is 0 Å². The maximum Gasteiger partial charge on any atom is 0.305 e. The molecule has 0 spiro atoms. The molecule has 0 saturated carbocycles. The van der Waals surface area contributed by atoms with Crippen LogP contribution in [0.4, 0.5) is 0 Å². The molecule has 0 aromatic heterocycles. The maximum absolute atomic E-state index is 12.4. The summed E-state index contributed by atoms with van der Waals surface area (Å²) in [5, 5.41) is 0. The largest absolute Gasteiger partial charge is 0.464 e. The molecule has 7 heteroatoms. The number of hydrogen-bond donors (Lipinski definition) is 1. The van der Waals surface area contributed by atoms with E-state index < -0.39 is 0 Å². The zero-order chi connectivity index (χ0) is 34.0. The van der Waals surface area contributed by atoms with E-state index >= 15 is 0 Å². The molecule has 0 atom stereocenters. The Morgan fingerprint density at radius 2 is 0.915 bits per heavy atom. The number of nitrogens with two attached hydrogens (primary N) is 1. The Morgan fingerprint density at radius 3 is 1.30 bits per heavy atom. The summed E-state index contributed by atoms with van der Waals surface area (Å²) in [6, 6.07) is 0.349. The highest BCUT2D eigenvalue weighted by Gasteiger charge is 2.16. The van der Waals surface area contributed by atoms with Gasteiger partial charge in [-0.3, -0.25) is 14.5 Å². The first kappa shape index (κ1) is 43.8. The lowest BCUT2D eigenvalue weighted by molar-refractivity contribution is -0.144. The minimum absolute atomic E-state index is 0.0797. The van der Waals surface area contributed by atoms with E-state index in [9.17, 15) is 9.59 Å². The van der Waals surface area contributed by atoms with E-state index in [4.69, 9.17) is 15.2 Å². The smallest absolute Gasteiger partial charge is 0.305 e. The summed E-state index contributed by atoms with van der Waals surface area (Å²) in [5.41, 5.74) is 6.07. The molecule has 1 heterocycles. The molecular weight excluding hydrogens is 586 g/mol. The molecule has 1 rings (SSSR count). The topological polar surface area (TPSA) is 85.1 Å². The number of piperidine rings is 1. The normalized spacial score (nSPS) is 14.2. The van der Waals surface area contributed by atoms with Gasteiger partial charge in [-0.1, -0.05) is 142 Å². The van der Waals surface area contributed by atoms with E-state index in [2.05, 4.69) is 23.6 Å². The Morgan fingerprint density at radius 1 is 0.553 bits per heavy atom. The van der Waals surface area contributed by atoms with E-state index in [1.807, 2.05) is 0 Å². The standard InChI is InChI=1S/C40H79N3O4/c1-3-5-7-9-11-13-15-17-19-21-23-26-39(44)46-36-34-43(31-25-30-42-32-28-38(41)29-33-42)35-37-47-40(45)27-24-22-20-18-16-14-12-10-8-6-4-2/h38H,3-37,41H2,1-2H3. The van der Waals surface area contributed by atoms with Gasteiger partial charge in [0, 0.05) is 32.0 Å². The molecule has 2 N–H and O–H groups in total. The Labute approximate surface area is 291 Å². The lowest BCUT2D eigenvalue weighted by Crippen LogP contribution is -2.41. The zero-order valence-corrected chi connectivity index (χ0v) is 31.4. The van der Waals surface area contributed by atoms with Gasteiger partial charge in [0.15, 0.2) is 0 Å². The number of esters is 2. The van der Waals surface area contributed by atoms with Crippen LogP contribution in [0.1, 0.15) is 187 Å². The average Bonchev–Trinajstić information content (AvgIpc) is 3.06. The summed E-state index contributed by atoms with van der Waals surface area (Å²) in [6.45, 7) is 10.8. The molecule has 47 heavy (non-hydrogen) atoms. The number of carbonyl (C=O) groups is 2. The van der Waals surface area contributed by atoms with Crippen molar-refractivity contribution < 1.29 is 19.1 Å². The molecule has 0 radical (unpaired) electrons. The summed E-state index contributed by atoms with van der Waals surface area (Å²) in [4.78, 5) is 29.5. The lowest BCUT2D eigenvalue weighted by atomic mass is 10.1. The van der Waals surface area contributed by atoms with Crippen molar-refractivity contribution >= 4 is 11.9 Å². The van der Waals surface area contributed by atoms with Crippen LogP contribution in [0.25, 0.3) is 0 Å². The van der Waals surface area contributed by atoms with Crippen molar-refractivity contribution in [2.24, 2.45) is 5.73 Å². The minimum Gasteiger partial charge on any atom is -0.464 e. The van der Waals surface area contributed by atoms with Gasteiger partial charge in [0.1, 0.15) is 13.2 Å². The van der Waals surface area contributed by atoms with Gasteiger partial charge in [-0.2, -0.15) is 0 Å². The molecule has 1 aliphatic rings. The molecule has 1 aliphatic heterocycles. The second-order valence-electron chi connectivity index (χ2n) is 14.4. The highest BCUT2D eigenvalue weighted by Crippen LogP contribution is 2.14. The van der Waals surface area contributed by atoms with Crippen LogP contribution in [0.3, 0.4) is 0 Å². The van der Waals surface area contributed by atoms with E-state index in [0.29, 0.717) is 45.2 Å². The Bertz CT molecular complexity index is 655. The fraction of sp³-hybridized carbons (Fsp3) is 0.950. The number of nitrogens with zero attached hydrogens (tertiary/aromatic N) is 2. The molecule has 1 fully saturated rings. The number of carbonyl (C=O) groups excluding carboxylic acids is 2. The van der Waals surface area contributed by atoms with Crippen LogP contribution < -0.4 is 5.73 Å². The summed E-state index contributed by atoms with van der Waals surface area (Å²) in [5.74, 6) is -0.159. The van der Waals surface area contributed by atoms with Crippen LogP contribution in [0.2, 0.25) is 0 Å². The fourth-order valence-electron chi connectivity index (χ4n) is 6.62. The molecule has 278 valence electrons. The average molecular weight is 666 g/mol. The molecule has 0 aromatic carbocycles. The maximum atomic E-state index is 12.4. The van der Waals surface area contributed by atoms with Crippen molar-refractivity contribution in [3.8, 4) is 0 Å². The van der Waals surface area contributed by atoms with Gasteiger partial charge in [-0.05, 0) is 58.3 Å². The summed E-state index contributed by atoms with van der Waals surface area (Å²) in [6.07, 6.45) is 32.3. The number of ether oxygens (including phenoxy) is 2. The van der Waals surface area contributed by atoms with Crippen molar-refractivity contribution in [2.45, 2.75) is 193 Å². The van der Waals surface area contributed by atoms with Gasteiger partial charge in [-0.15, -0.1) is 0 Å². The quantitative estimate of drug-likeness (QED) is 0.0541. The monoisotopic (exact) mass is 666 g/mol. The number of unbranched alkanes of at least 4 members (excludes halogenated alkanes) is 20. The summed E-state index contributed by atoms with van der Waals surface area (Å²) < 4.78 is 11.2. The predicted octanol–water partition coefficient (Wildman–Crippen LogP) is 9.59. The van der Waals surface area contributed by atoms with Crippen molar-refractivity contribution in [1.29, 1.82) is 0 Å². The van der Waals surface area contributed by atoms with Crippen LogP contribution in [0.15, 0.2) is 0 Å². The van der Waals surface area contributed by atoms with E-state index in [1.165, 1.54) is 116 Å². The second-order valence-corrected chi connectivity index (χ2v) is 14.4. The molecule has 0 aliphatic carbocycles.